The summed E-state index contributed by atoms with van der Waals surface area (Å²) in [7, 11) is -2.48. The minimum absolute atomic E-state index is 0.0529. The van der Waals surface area contributed by atoms with Crippen molar-refractivity contribution >= 4 is 44.6 Å². The lowest BCUT2D eigenvalue weighted by Crippen LogP contribution is -2.45. The van der Waals surface area contributed by atoms with Crippen LogP contribution in [0, 0.1) is 17.0 Å². The van der Waals surface area contributed by atoms with E-state index < -0.39 is 26.9 Å². The highest BCUT2D eigenvalue weighted by Gasteiger charge is 2.31. The first-order valence-electron chi connectivity index (χ1n) is 8.34. The molecule has 0 saturated heterocycles. The number of nitro groups is 1. The zero-order valence-electron chi connectivity index (χ0n) is 16.2. The van der Waals surface area contributed by atoms with Gasteiger partial charge in [0.05, 0.1) is 29.0 Å². The summed E-state index contributed by atoms with van der Waals surface area (Å²) in [6.45, 7) is 2.99. The lowest BCUT2D eigenvalue weighted by atomic mass is 10.1. The predicted octanol–water partition coefficient (Wildman–Crippen LogP) is 3.36. The smallest absolute Gasteiger partial charge is 0.271 e. The van der Waals surface area contributed by atoms with Crippen LogP contribution in [0.4, 0.5) is 17.1 Å². The number of non-ortho nitro benzene ring substituents is 1. The summed E-state index contributed by atoms with van der Waals surface area (Å²) in [5, 5.41) is 14.0. The van der Waals surface area contributed by atoms with E-state index in [0.29, 0.717) is 17.0 Å². The third kappa shape index (κ3) is 5.15. The molecule has 0 radical (unpaired) electrons. The van der Waals surface area contributed by atoms with Crippen LogP contribution in [-0.2, 0) is 14.8 Å². The molecule has 2 aromatic carbocycles. The largest absolute Gasteiger partial charge is 0.495 e. The van der Waals surface area contributed by atoms with Crippen molar-refractivity contribution in [2.45, 2.75) is 19.9 Å². The van der Waals surface area contributed by atoms with Crippen molar-refractivity contribution < 1.29 is 22.9 Å². The number of nitro benzene ring substituents is 1. The van der Waals surface area contributed by atoms with E-state index >= 15 is 0 Å². The Morgan fingerprint density at radius 1 is 1.28 bits per heavy atom. The number of aryl methyl sites for hydroxylation is 1. The summed E-state index contributed by atoms with van der Waals surface area (Å²) in [5.41, 5.74) is 0.580. The number of halogens is 1. The van der Waals surface area contributed by atoms with Gasteiger partial charge in [-0.15, -0.1) is 0 Å². The van der Waals surface area contributed by atoms with Crippen molar-refractivity contribution in [2.24, 2.45) is 0 Å². The zero-order valence-corrected chi connectivity index (χ0v) is 17.7. The third-order valence-electron chi connectivity index (χ3n) is 4.15. The number of hydrogen-bond acceptors (Lipinski definition) is 6. The molecule has 0 bridgehead atoms. The fourth-order valence-electron chi connectivity index (χ4n) is 2.72. The topological polar surface area (TPSA) is 119 Å². The van der Waals surface area contributed by atoms with Crippen LogP contribution in [0.5, 0.6) is 5.75 Å². The van der Waals surface area contributed by atoms with E-state index in [2.05, 4.69) is 5.32 Å². The number of hydrogen-bond donors (Lipinski definition) is 1. The molecule has 9 nitrogen and oxygen atoms in total. The summed E-state index contributed by atoms with van der Waals surface area (Å²) in [5.74, 6) is -0.217. The quantitative estimate of drug-likeness (QED) is 0.519. The van der Waals surface area contributed by atoms with Crippen molar-refractivity contribution in [3.63, 3.8) is 0 Å². The number of carbonyl (C=O) groups excluding carboxylic acids is 1. The lowest BCUT2D eigenvalue weighted by Gasteiger charge is -2.29. The Labute approximate surface area is 173 Å². The summed E-state index contributed by atoms with van der Waals surface area (Å²) < 4.78 is 30.8. The van der Waals surface area contributed by atoms with E-state index in [1.165, 1.54) is 32.2 Å². The average molecular weight is 442 g/mol. The Kier molecular flexibility index (Phi) is 6.70. The van der Waals surface area contributed by atoms with Gasteiger partial charge in [-0.3, -0.25) is 19.2 Å². The van der Waals surface area contributed by atoms with Gasteiger partial charge < -0.3 is 10.1 Å². The van der Waals surface area contributed by atoms with Gasteiger partial charge in [-0.25, -0.2) is 8.42 Å². The standard InChI is InChI=1S/C18H20ClN3O6S/c1-11-5-7-14(22(24)25)10-16(11)21(29(4,26)27)12(2)18(23)20-13-6-8-17(28-3)15(19)9-13/h5-10,12H,1-4H3,(H,20,23)/t12-/m1/s1. The SMILES string of the molecule is COc1ccc(NC(=O)[C@@H](C)N(c2cc([N+](=O)[O-])ccc2C)S(C)(=O)=O)cc1Cl. The monoisotopic (exact) mass is 441 g/mol. The van der Waals surface area contributed by atoms with Crippen molar-refractivity contribution in [3.8, 4) is 5.75 Å². The maximum Gasteiger partial charge on any atom is 0.271 e. The number of carbonyl (C=O) groups is 1. The molecule has 11 heteroatoms. The molecule has 0 saturated carbocycles. The van der Waals surface area contributed by atoms with Crippen LogP contribution >= 0.6 is 11.6 Å². The molecule has 0 aliphatic heterocycles. The van der Waals surface area contributed by atoms with Gasteiger partial charge in [0.1, 0.15) is 11.8 Å². The predicted molar refractivity (Wildman–Crippen MR) is 111 cm³/mol. The van der Waals surface area contributed by atoms with Crippen molar-refractivity contribution in [1.82, 2.24) is 0 Å². The van der Waals surface area contributed by atoms with Crippen LogP contribution in [0.1, 0.15) is 12.5 Å². The number of anilines is 2. The fourth-order valence-corrected chi connectivity index (χ4v) is 4.20. The van der Waals surface area contributed by atoms with Gasteiger partial charge in [-0.05, 0) is 37.6 Å². The molecule has 0 heterocycles. The van der Waals surface area contributed by atoms with Gasteiger partial charge in [-0.1, -0.05) is 17.7 Å². The van der Waals surface area contributed by atoms with Crippen LogP contribution in [-0.4, -0.2) is 38.7 Å². The second kappa shape index (κ2) is 8.66. The van der Waals surface area contributed by atoms with Crippen molar-refractivity contribution in [2.75, 3.05) is 23.0 Å². The van der Waals surface area contributed by atoms with Gasteiger partial charge in [0.2, 0.25) is 15.9 Å². The Morgan fingerprint density at radius 3 is 2.45 bits per heavy atom. The molecule has 2 rings (SSSR count). The van der Waals surface area contributed by atoms with Gasteiger partial charge in [0.15, 0.2) is 0 Å². The normalized spacial score (nSPS) is 12.2. The first-order chi connectivity index (χ1) is 13.5. The van der Waals surface area contributed by atoms with Crippen LogP contribution < -0.4 is 14.4 Å². The summed E-state index contributed by atoms with van der Waals surface area (Å²) >= 11 is 6.04. The van der Waals surface area contributed by atoms with Crippen LogP contribution in [0.3, 0.4) is 0 Å². The number of nitrogens with zero attached hydrogens (tertiary/aromatic N) is 2. The Morgan fingerprint density at radius 2 is 1.93 bits per heavy atom. The maximum absolute atomic E-state index is 12.7. The molecule has 156 valence electrons. The third-order valence-corrected chi connectivity index (χ3v) is 5.67. The molecule has 0 spiro atoms. The highest BCUT2D eigenvalue weighted by Crippen LogP contribution is 2.30. The minimum Gasteiger partial charge on any atom is -0.495 e. The zero-order chi connectivity index (χ0) is 21.9. The molecule has 2 aromatic rings. The van der Waals surface area contributed by atoms with E-state index in [-0.39, 0.29) is 16.4 Å². The van der Waals surface area contributed by atoms with Crippen molar-refractivity contribution in [3.05, 3.63) is 57.1 Å². The number of methoxy groups -OCH3 is 1. The highest BCUT2D eigenvalue weighted by atomic mass is 35.5. The van der Waals surface area contributed by atoms with Crippen LogP contribution in [0.15, 0.2) is 36.4 Å². The number of amides is 1. The number of benzene rings is 2. The number of sulfonamides is 1. The Balaban J connectivity index is 2.41. The van der Waals surface area contributed by atoms with E-state index in [4.69, 9.17) is 16.3 Å². The highest BCUT2D eigenvalue weighted by molar-refractivity contribution is 7.92. The first-order valence-corrected chi connectivity index (χ1v) is 10.6. The first kappa shape index (κ1) is 22.4. The molecule has 1 amide bonds. The number of nitrogens with one attached hydrogen (secondary N) is 1. The summed E-state index contributed by atoms with van der Waals surface area (Å²) in [4.78, 5) is 23.2. The maximum atomic E-state index is 12.7. The lowest BCUT2D eigenvalue weighted by molar-refractivity contribution is -0.384. The van der Waals surface area contributed by atoms with Gasteiger partial charge >= 0.3 is 0 Å². The number of ether oxygens (including phenoxy) is 1. The molecule has 0 fully saturated rings. The van der Waals surface area contributed by atoms with E-state index in [0.717, 1.165) is 16.6 Å². The molecular weight excluding hydrogens is 422 g/mol. The second-order valence-electron chi connectivity index (χ2n) is 6.30. The Hall–Kier alpha value is -2.85. The van der Waals surface area contributed by atoms with Crippen molar-refractivity contribution in [1.29, 1.82) is 0 Å². The molecule has 1 N–H and O–H groups in total. The van der Waals surface area contributed by atoms with E-state index in [1.54, 1.807) is 19.1 Å². The minimum atomic E-state index is -3.93. The molecule has 0 aliphatic rings. The van der Waals surface area contributed by atoms with Gasteiger partial charge in [-0.2, -0.15) is 0 Å². The second-order valence-corrected chi connectivity index (χ2v) is 8.57. The van der Waals surface area contributed by atoms with E-state index in [1.807, 2.05) is 0 Å². The number of rotatable bonds is 7. The molecule has 0 aliphatic carbocycles. The van der Waals surface area contributed by atoms with Gasteiger partial charge in [0, 0.05) is 17.8 Å². The molecule has 1 atom stereocenters. The molecule has 0 unspecified atom stereocenters. The van der Waals surface area contributed by atoms with Crippen LogP contribution in [0.25, 0.3) is 0 Å². The summed E-state index contributed by atoms with van der Waals surface area (Å²) in [6.07, 6.45) is 0.930. The van der Waals surface area contributed by atoms with Gasteiger partial charge in [0.25, 0.3) is 5.69 Å². The van der Waals surface area contributed by atoms with Crippen LogP contribution in [0.2, 0.25) is 5.02 Å². The summed E-state index contributed by atoms with van der Waals surface area (Å²) in [6, 6.07) is 7.22. The molecule has 0 aromatic heterocycles. The Bertz CT molecular complexity index is 1060. The van der Waals surface area contributed by atoms with E-state index in [9.17, 15) is 23.3 Å². The molecule has 29 heavy (non-hydrogen) atoms. The fraction of sp³-hybridized carbons (Fsp3) is 0.278. The molecular formula is C18H20ClN3O6S. The average Bonchev–Trinajstić information content (AvgIpc) is 2.62.